The van der Waals surface area contributed by atoms with Crippen molar-refractivity contribution in [3.63, 3.8) is 0 Å². The summed E-state index contributed by atoms with van der Waals surface area (Å²) in [5.41, 5.74) is 1.93. The highest BCUT2D eigenvalue weighted by atomic mass is 35.5. The van der Waals surface area contributed by atoms with Crippen LogP contribution in [-0.2, 0) is 0 Å². The highest BCUT2D eigenvalue weighted by molar-refractivity contribution is 6.36. The summed E-state index contributed by atoms with van der Waals surface area (Å²) in [6, 6.07) is 6.91. The average Bonchev–Trinajstić information content (AvgIpc) is 3.24. The molecule has 5 nitrogen and oxygen atoms in total. The number of nitrogens with one attached hydrogen (secondary N) is 1. The van der Waals surface area contributed by atoms with Crippen LogP contribution in [-0.4, -0.2) is 40.4 Å². The normalized spacial score (nSPS) is 19.0. The third kappa shape index (κ3) is 2.35. The van der Waals surface area contributed by atoms with Crippen molar-refractivity contribution in [2.24, 2.45) is 0 Å². The number of aromatic amines is 1. The number of hydrogen-bond donors (Lipinski definition) is 1. The van der Waals surface area contributed by atoms with Gasteiger partial charge < -0.3 is 9.80 Å². The van der Waals surface area contributed by atoms with Gasteiger partial charge in [-0.1, -0.05) is 11.6 Å². The van der Waals surface area contributed by atoms with Gasteiger partial charge in [0.15, 0.2) is 5.82 Å². The van der Waals surface area contributed by atoms with Gasteiger partial charge in [0, 0.05) is 37.7 Å². The van der Waals surface area contributed by atoms with E-state index in [4.69, 9.17) is 11.6 Å². The average molecular weight is 358 g/mol. The zero-order chi connectivity index (χ0) is 17.0. The minimum absolute atomic E-state index is 0.0847. The molecule has 1 N–H and O–H groups in total. The summed E-state index contributed by atoms with van der Waals surface area (Å²) in [4.78, 5) is 8.86. The number of halogens is 2. The lowest BCUT2D eigenvalue weighted by atomic mass is 10.1. The minimum atomic E-state index is -0.351. The molecule has 25 heavy (non-hydrogen) atoms. The summed E-state index contributed by atoms with van der Waals surface area (Å²) >= 11 is 6.32. The number of H-pyrrole nitrogens is 1. The summed E-state index contributed by atoms with van der Waals surface area (Å²) in [6.07, 6.45) is 5.91. The molecule has 1 aromatic carbocycles. The van der Waals surface area contributed by atoms with Gasteiger partial charge in [0.05, 0.1) is 21.5 Å². The number of piperazine rings is 1. The summed E-state index contributed by atoms with van der Waals surface area (Å²) in [5.74, 6) is 0.489. The van der Waals surface area contributed by atoms with E-state index in [2.05, 4.69) is 37.1 Å². The van der Waals surface area contributed by atoms with Crippen LogP contribution >= 0.6 is 11.6 Å². The maximum atomic E-state index is 13.6. The predicted octanol–water partition coefficient (Wildman–Crippen LogP) is 3.61. The van der Waals surface area contributed by atoms with Gasteiger partial charge in [-0.3, -0.25) is 10.1 Å². The minimum Gasteiger partial charge on any atom is -0.367 e. The Balaban J connectivity index is 1.51. The molecule has 2 aromatic heterocycles. The Labute approximate surface area is 149 Å². The molecule has 0 bridgehead atoms. The third-order valence-corrected chi connectivity index (χ3v) is 5.62. The molecular weight excluding hydrogens is 341 g/mol. The van der Waals surface area contributed by atoms with E-state index in [1.165, 1.54) is 17.8 Å². The van der Waals surface area contributed by atoms with Gasteiger partial charge in [0.25, 0.3) is 0 Å². The van der Waals surface area contributed by atoms with Crippen molar-refractivity contribution in [3.8, 4) is 0 Å². The molecule has 1 saturated carbocycles. The van der Waals surface area contributed by atoms with Crippen LogP contribution in [0.25, 0.3) is 10.9 Å². The van der Waals surface area contributed by atoms with E-state index in [1.807, 2.05) is 12.4 Å². The Morgan fingerprint density at radius 2 is 1.96 bits per heavy atom. The Morgan fingerprint density at radius 1 is 1.16 bits per heavy atom. The van der Waals surface area contributed by atoms with E-state index in [9.17, 15) is 4.39 Å². The predicted molar refractivity (Wildman–Crippen MR) is 96.8 cm³/mol. The summed E-state index contributed by atoms with van der Waals surface area (Å²) in [6.45, 7) is 2.71. The largest absolute Gasteiger partial charge is 0.367 e. The molecule has 3 heterocycles. The van der Waals surface area contributed by atoms with Crippen LogP contribution in [0.2, 0.25) is 5.02 Å². The summed E-state index contributed by atoms with van der Waals surface area (Å²) in [7, 11) is 0. The first-order valence-corrected chi connectivity index (χ1v) is 8.80. The van der Waals surface area contributed by atoms with Gasteiger partial charge in [0.1, 0.15) is 5.82 Å². The number of benzene rings is 1. The molecule has 0 atom stereocenters. The standard InChI is InChI=1S/C18H17ClFN5/c19-14-9-12(20)10-15-16(14)17(23-22-15)25-8-7-24(11-18(25)3-4-18)13-1-5-21-6-2-13/h1-2,5-6,9-10H,3-4,7-8,11H2,(H,22,23). The Morgan fingerprint density at radius 3 is 2.72 bits per heavy atom. The third-order valence-electron chi connectivity index (χ3n) is 5.32. The molecule has 0 unspecified atom stereocenters. The smallest absolute Gasteiger partial charge is 0.160 e. The van der Waals surface area contributed by atoms with Gasteiger partial charge in [-0.25, -0.2) is 4.39 Å². The summed E-state index contributed by atoms with van der Waals surface area (Å²) in [5, 5.41) is 8.63. The molecule has 1 saturated heterocycles. The molecule has 1 aliphatic heterocycles. The number of anilines is 2. The number of aromatic nitrogens is 3. The molecule has 2 aliphatic rings. The number of rotatable bonds is 2. The highest BCUT2D eigenvalue weighted by Crippen LogP contribution is 2.48. The van der Waals surface area contributed by atoms with Crippen LogP contribution in [0.3, 0.4) is 0 Å². The van der Waals surface area contributed by atoms with Crippen LogP contribution < -0.4 is 9.80 Å². The van der Waals surface area contributed by atoms with Gasteiger partial charge in [-0.2, -0.15) is 5.10 Å². The molecule has 1 aliphatic carbocycles. The van der Waals surface area contributed by atoms with Gasteiger partial charge in [-0.05, 0) is 37.1 Å². The Kier molecular flexibility index (Phi) is 3.19. The lowest BCUT2D eigenvalue weighted by Gasteiger charge is -2.43. The lowest BCUT2D eigenvalue weighted by Crippen LogP contribution is -2.55. The van der Waals surface area contributed by atoms with E-state index in [-0.39, 0.29) is 11.4 Å². The SMILES string of the molecule is Fc1cc(Cl)c2c(N3CCN(c4ccncc4)CC34CC4)n[nH]c2c1. The van der Waals surface area contributed by atoms with Crippen molar-refractivity contribution in [3.05, 3.63) is 47.5 Å². The van der Waals surface area contributed by atoms with Crippen LogP contribution in [0.4, 0.5) is 15.9 Å². The summed E-state index contributed by atoms with van der Waals surface area (Å²) < 4.78 is 13.6. The lowest BCUT2D eigenvalue weighted by molar-refractivity contribution is 0.506. The molecule has 5 rings (SSSR count). The van der Waals surface area contributed by atoms with Gasteiger partial charge in [-0.15, -0.1) is 0 Å². The van der Waals surface area contributed by atoms with Crippen molar-refractivity contribution in [1.82, 2.24) is 15.2 Å². The first-order valence-electron chi connectivity index (χ1n) is 8.42. The Bertz CT molecular complexity index is 937. The van der Waals surface area contributed by atoms with E-state index < -0.39 is 0 Å². The second-order valence-corrected chi connectivity index (χ2v) is 7.27. The van der Waals surface area contributed by atoms with E-state index in [0.717, 1.165) is 43.7 Å². The number of pyridine rings is 1. The van der Waals surface area contributed by atoms with Crippen LogP contribution in [0, 0.1) is 5.82 Å². The van der Waals surface area contributed by atoms with Crippen molar-refractivity contribution < 1.29 is 4.39 Å². The second-order valence-electron chi connectivity index (χ2n) is 6.86. The van der Waals surface area contributed by atoms with E-state index in [0.29, 0.717) is 10.5 Å². The van der Waals surface area contributed by atoms with Gasteiger partial charge in [0.2, 0.25) is 0 Å². The molecule has 2 fully saturated rings. The van der Waals surface area contributed by atoms with E-state index >= 15 is 0 Å². The van der Waals surface area contributed by atoms with E-state index in [1.54, 1.807) is 0 Å². The topological polar surface area (TPSA) is 48.1 Å². The molecular formula is C18H17ClFN5. The van der Waals surface area contributed by atoms with Crippen LogP contribution in [0.1, 0.15) is 12.8 Å². The Hall–Kier alpha value is -2.34. The first-order chi connectivity index (χ1) is 12.2. The number of hydrogen-bond acceptors (Lipinski definition) is 4. The monoisotopic (exact) mass is 357 g/mol. The fraction of sp³-hybridized carbons (Fsp3) is 0.333. The highest BCUT2D eigenvalue weighted by Gasteiger charge is 2.52. The molecule has 3 aromatic rings. The fourth-order valence-corrected chi connectivity index (χ4v) is 4.20. The van der Waals surface area contributed by atoms with Gasteiger partial charge >= 0.3 is 0 Å². The zero-order valence-corrected chi connectivity index (χ0v) is 14.3. The first kappa shape index (κ1) is 15.0. The van der Waals surface area contributed by atoms with Crippen molar-refractivity contribution in [1.29, 1.82) is 0 Å². The molecule has 0 radical (unpaired) electrons. The van der Waals surface area contributed by atoms with Crippen LogP contribution in [0.5, 0.6) is 0 Å². The molecule has 128 valence electrons. The molecule has 7 heteroatoms. The molecule has 0 amide bonds. The fourth-order valence-electron chi connectivity index (χ4n) is 3.91. The molecule has 1 spiro atoms. The van der Waals surface area contributed by atoms with Crippen LogP contribution in [0.15, 0.2) is 36.7 Å². The van der Waals surface area contributed by atoms with Crippen molar-refractivity contribution >= 4 is 34.0 Å². The maximum absolute atomic E-state index is 13.6. The van der Waals surface area contributed by atoms with Crippen molar-refractivity contribution in [2.45, 2.75) is 18.4 Å². The van der Waals surface area contributed by atoms with Crippen molar-refractivity contribution in [2.75, 3.05) is 29.4 Å². The second kappa shape index (κ2) is 5.33. The zero-order valence-electron chi connectivity index (χ0n) is 13.5. The number of fused-ring (bicyclic) bond motifs is 1. The number of nitrogens with zero attached hydrogens (tertiary/aromatic N) is 4. The quantitative estimate of drug-likeness (QED) is 0.761. The maximum Gasteiger partial charge on any atom is 0.160 e.